The Morgan fingerprint density at radius 2 is 1.87 bits per heavy atom. The second-order valence-electron chi connectivity index (χ2n) is 4.80. The van der Waals surface area contributed by atoms with E-state index in [1.54, 1.807) is 5.57 Å². The van der Waals surface area contributed by atoms with E-state index in [-0.39, 0.29) is 0 Å². The summed E-state index contributed by atoms with van der Waals surface area (Å²) in [4.78, 5) is 0. The Morgan fingerprint density at radius 3 is 2.47 bits per heavy atom. The minimum atomic E-state index is 0.713. The second kappa shape index (κ2) is 7.92. The summed E-state index contributed by atoms with van der Waals surface area (Å²) >= 11 is 0. The molecule has 1 N–H and O–H groups in total. The molecular weight excluding hydrogens is 182 g/mol. The van der Waals surface area contributed by atoms with E-state index in [0.717, 1.165) is 0 Å². The molecule has 0 aliphatic carbocycles. The van der Waals surface area contributed by atoms with Gasteiger partial charge in [0, 0.05) is 6.04 Å². The summed E-state index contributed by atoms with van der Waals surface area (Å²) in [5.41, 5.74) is 1.56. The lowest BCUT2D eigenvalue weighted by atomic mass is 9.97. The first-order chi connectivity index (χ1) is 7.34. The van der Waals surface area contributed by atoms with Gasteiger partial charge in [-0.1, -0.05) is 50.7 Å². The molecule has 1 aliphatic rings. The Hall–Kier alpha value is -0.300. The smallest absolute Gasteiger partial charge is 0.0288 e. The number of nitrogens with one attached hydrogen (secondary N) is 1. The zero-order chi connectivity index (χ0) is 10.9. The Labute approximate surface area is 95.3 Å². The third kappa shape index (κ3) is 5.36. The Kier molecular flexibility index (Phi) is 6.74. The molecule has 0 saturated carbocycles. The molecule has 1 unspecified atom stereocenters. The van der Waals surface area contributed by atoms with Crippen molar-refractivity contribution in [3.63, 3.8) is 0 Å². The van der Waals surface area contributed by atoms with Crippen molar-refractivity contribution < 1.29 is 0 Å². The quantitative estimate of drug-likeness (QED) is 0.470. The van der Waals surface area contributed by atoms with E-state index in [2.05, 4.69) is 25.2 Å². The third-order valence-electron chi connectivity index (χ3n) is 3.40. The van der Waals surface area contributed by atoms with Crippen LogP contribution in [0.3, 0.4) is 0 Å². The second-order valence-corrected chi connectivity index (χ2v) is 4.80. The summed E-state index contributed by atoms with van der Waals surface area (Å²) in [6, 6.07) is 0.713. The predicted molar refractivity (Wildman–Crippen MR) is 68.2 cm³/mol. The molecule has 1 atom stereocenters. The first kappa shape index (κ1) is 12.8. The fourth-order valence-electron chi connectivity index (χ4n) is 2.07. The first-order valence-electron chi connectivity index (χ1n) is 6.74. The SMILES string of the molecule is CCCCCCCCC=C(C)C1CCN1. The topological polar surface area (TPSA) is 12.0 Å². The maximum Gasteiger partial charge on any atom is 0.0288 e. The van der Waals surface area contributed by atoms with Crippen molar-refractivity contribution in [3.8, 4) is 0 Å². The van der Waals surface area contributed by atoms with Crippen molar-refractivity contribution >= 4 is 0 Å². The van der Waals surface area contributed by atoms with Crippen molar-refractivity contribution in [2.24, 2.45) is 0 Å². The van der Waals surface area contributed by atoms with Crippen molar-refractivity contribution in [2.45, 2.75) is 71.3 Å². The maximum absolute atomic E-state index is 3.45. The van der Waals surface area contributed by atoms with Gasteiger partial charge in [0.1, 0.15) is 0 Å². The molecule has 0 spiro atoms. The molecule has 0 bridgehead atoms. The van der Waals surface area contributed by atoms with Crippen LogP contribution in [-0.4, -0.2) is 12.6 Å². The highest BCUT2D eigenvalue weighted by Gasteiger charge is 2.16. The molecule has 0 amide bonds. The maximum atomic E-state index is 3.45. The molecule has 1 fully saturated rings. The average molecular weight is 209 g/mol. The van der Waals surface area contributed by atoms with E-state index in [1.807, 2.05) is 0 Å². The van der Waals surface area contributed by atoms with Gasteiger partial charge in [0.05, 0.1) is 0 Å². The molecule has 1 rings (SSSR count). The van der Waals surface area contributed by atoms with Crippen LogP contribution in [0, 0.1) is 0 Å². The van der Waals surface area contributed by atoms with Crippen molar-refractivity contribution in [3.05, 3.63) is 11.6 Å². The molecule has 0 aromatic heterocycles. The van der Waals surface area contributed by atoms with Crippen LogP contribution in [0.1, 0.15) is 65.2 Å². The van der Waals surface area contributed by atoms with Crippen LogP contribution in [-0.2, 0) is 0 Å². The van der Waals surface area contributed by atoms with Gasteiger partial charge in [-0.15, -0.1) is 0 Å². The molecule has 0 aromatic rings. The van der Waals surface area contributed by atoms with Gasteiger partial charge < -0.3 is 5.32 Å². The van der Waals surface area contributed by atoms with Crippen molar-refractivity contribution in [1.82, 2.24) is 5.32 Å². The highest BCUT2D eigenvalue weighted by Crippen LogP contribution is 2.14. The van der Waals surface area contributed by atoms with E-state index in [4.69, 9.17) is 0 Å². The van der Waals surface area contributed by atoms with Gasteiger partial charge in [-0.2, -0.15) is 0 Å². The van der Waals surface area contributed by atoms with Crippen LogP contribution < -0.4 is 5.32 Å². The largest absolute Gasteiger partial charge is 0.310 e. The number of hydrogen-bond acceptors (Lipinski definition) is 1. The lowest BCUT2D eigenvalue weighted by Crippen LogP contribution is -2.43. The van der Waals surface area contributed by atoms with Crippen LogP contribution in [0.25, 0.3) is 0 Å². The summed E-state index contributed by atoms with van der Waals surface area (Å²) in [5, 5.41) is 3.45. The predicted octanol–water partition coefficient (Wildman–Crippen LogP) is 4.05. The molecule has 1 saturated heterocycles. The molecule has 1 heterocycles. The number of unbranched alkanes of at least 4 members (excludes halogenated alkanes) is 6. The highest BCUT2D eigenvalue weighted by atomic mass is 15.0. The Balaban J connectivity index is 1.91. The van der Waals surface area contributed by atoms with Gasteiger partial charge in [-0.25, -0.2) is 0 Å². The van der Waals surface area contributed by atoms with Gasteiger partial charge in [0.15, 0.2) is 0 Å². The molecule has 0 radical (unpaired) electrons. The van der Waals surface area contributed by atoms with E-state index >= 15 is 0 Å². The summed E-state index contributed by atoms with van der Waals surface area (Å²) in [7, 11) is 0. The van der Waals surface area contributed by atoms with Gasteiger partial charge in [0.2, 0.25) is 0 Å². The monoisotopic (exact) mass is 209 g/mol. The molecule has 15 heavy (non-hydrogen) atoms. The Morgan fingerprint density at radius 1 is 1.20 bits per heavy atom. The summed E-state index contributed by atoms with van der Waals surface area (Å²) < 4.78 is 0. The summed E-state index contributed by atoms with van der Waals surface area (Å²) in [5.74, 6) is 0. The lowest BCUT2D eigenvalue weighted by Gasteiger charge is -2.28. The molecule has 1 nitrogen and oxygen atoms in total. The fraction of sp³-hybridized carbons (Fsp3) is 0.857. The van der Waals surface area contributed by atoms with E-state index in [9.17, 15) is 0 Å². The minimum absolute atomic E-state index is 0.713. The van der Waals surface area contributed by atoms with Gasteiger partial charge in [0.25, 0.3) is 0 Å². The summed E-state index contributed by atoms with van der Waals surface area (Å²) in [6.45, 7) is 5.76. The fourth-order valence-corrected chi connectivity index (χ4v) is 2.07. The standard InChI is InChI=1S/C14H27N/c1-3-4-5-6-7-8-9-10-13(2)14-11-12-15-14/h10,14-15H,3-9,11-12H2,1-2H3. The zero-order valence-electron chi connectivity index (χ0n) is 10.5. The van der Waals surface area contributed by atoms with E-state index in [1.165, 1.54) is 57.9 Å². The van der Waals surface area contributed by atoms with Crippen molar-refractivity contribution in [1.29, 1.82) is 0 Å². The molecule has 88 valence electrons. The molecule has 1 heteroatoms. The van der Waals surface area contributed by atoms with Crippen LogP contribution in [0.2, 0.25) is 0 Å². The highest BCUT2D eigenvalue weighted by molar-refractivity contribution is 5.11. The molecule has 1 aliphatic heterocycles. The molecular formula is C14H27N. The summed E-state index contributed by atoms with van der Waals surface area (Å²) in [6.07, 6.45) is 13.5. The number of hydrogen-bond donors (Lipinski definition) is 1. The zero-order valence-corrected chi connectivity index (χ0v) is 10.5. The van der Waals surface area contributed by atoms with Gasteiger partial charge in [-0.05, 0) is 32.7 Å². The number of allylic oxidation sites excluding steroid dienone is 1. The third-order valence-corrected chi connectivity index (χ3v) is 3.40. The number of rotatable bonds is 8. The normalized spacial score (nSPS) is 21.5. The van der Waals surface area contributed by atoms with E-state index in [0.29, 0.717) is 6.04 Å². The van der Waals surface area contributed by atoms with Crippen LogP contribution in [0.15, 0.2) is 11.6 Å². The molecule has 0 aromatic carbocycles. The average Bonchev–Trinajstić information content (AvgIpc) is 2.14. The lowest BCUT2D eigenvalue weighted by molar-refractivity contribution is 0.417. The van der Waals surface area contributed by atoms with Crippen LogP contribution in [0.5, 0.6) is 0 Å². The first-order valence-corrected chi connectivity index (χ1v) is 6.74. The van der Waals surface area contributed by atoms with Gasteiger partial charge >= 0.3 is 0 Å². The van der Waals surface area contributed by atoms with E-state index < -0.39 is 0 Å². The van der Waals surface area contributed by atoms with Crippen LogP contribution >= 0.6 is 0 Å². The minimum Gasteiger partial charge on any atom is -0.310 e. The van der Waals surface area contributed by atoms with Crippen LogP contribution in [0.4, 0.5) is 0 Å². The van der Waals surface area contributed by atoms with Crippen molar-refractivity contribution in [2.75, 3.05) is 6.54 Å². The van der Waals surface area contributed by atoms with Gasteiger partial charge in [-0.3, -0.25) is 0 Å². The Bertz CT molecular complexity index is 180.